The van der Waals surface area contributed by atoms with Crippen LogP contribution in [0.15, 0.2) is 55.1 Å². The molecule has 0 amide bonds. The Hall–Kier alpha value is -3.94. The lowest BCUT2D eigenvalue weighted by Gasteiger charge is -2.16. The lowest BCUT2D eigenvalue weighted by Crippen LogP contribution is -2.08. The number of fused-ring (bicyclic) bond motifs is 2. The van der Waals surface area contributed by atoms with Crippen molar-refractivity contribution in [1.29, 1.82) is 0 Å². The number of pyridine rings is 2. The standard InChI is InChI=1S/C21H16FN7/c1-11(20-28-19(23)18-21(29-20)26-10-25-18)15-7-12-4-5-14(22)8-16(12)27-17(15)13-3-2-6-24-9-13/h2-11H,1H3,(H3,23,25,26,28,29)/t11-/m0/s1. The maximum atomic E-state index is 13.8. The Morgan fingerprint density at radius 3 is 2.83 bits per heavy atom. The monoisotopic (exact) mass is 385 g/mol. The number of benzene rings is 1. The summed E-state index contributed by atoms with van der Waals surface area (Å²) < 4.78 is 13.8. The van der Waals surface area contributed by atoms with Gasteiger partial charge in [-0.2, -0.15) is 0 Å². The van der Waals surface area contributed by atoms with Gasteiger partial charge in [0.15, 0.2) is 11.5 Å². The van der Waals surface area contributed by atoms with Crippen LogP contribution in [0, 0.1) is 5.82 Å². The van der Waals surface area contributed by atoms with Crippen molar-refractivity contribution < 1.29 is 4.39 Å². The van der Waals surface area contributed by atoms with Gasteiger partial charge in [0, 0.05) is 35.3 Å². The van der Waals surface area contributed by atoms with Gasteiger partial charge >= 0.3 is 0 Å². The van der Waals surface area contributed by atoms with Gasteiger partial charge < -0.3 is 10.7 Å². The number of nitrogens with two attached hydrogens (primary N) is 1. The van der Waals surface area contributed by atoms with Crippen LogP contribution in [0.2, 0.25) is 0 Å². The highest BCUT2D eigenvalue weighted by Crippen LogP contribution is 2.34. The van der Waals surface area contributed by atoms with Crippen molar-refractivity contribution in [3.05, 3.63) is 72.3 Å². The highest BCUT2D eigenvalue weighted by molar-refractivity contribution is 5.84. The first-order valence-corrected chi connectivity index (χ1v) is 9.07. The van der Waals surface area contributed by atoms with Gasteiger partial charge in [0.05, 0.1) is 17.5 Å². The van der Waals surface area contributed by atoms with Gasteiger partial charge in [-0.3, -0.25) is 4.98 Å². The zero-order valence-corrected chi connectivity index (χ0v) is 15.5. The molecule has 0 radical (unpaired) electrons. The Morgan fingerprint density at radius 2 is 2.00 bits per heavy atom. The average Bonchev–Trinajstić information content (AvgIpc) is 3.22. The molecule has 0 spiro atoms. The number of H-pyrrole nitrogens is 1. The molecular formula is C21H16FN7. The van der Waals surface area contributed by atoms with Crippen molar-refractivity contribution in [2.45, 2.75) is 12.8 Å². The number of rotatable bonds is 3. The van der Waals surface area contributed by atoms with Crippen LogP contribution in [0.1, 0.15) is 24.2 Å². The summed E-state index contributed by atoms with van der Waals surface area (Å²) in [4.78, 5) is 25.1. The lowest BCUT2D eigenvalue weighted by molar-refractivity contribution is 0.629. The molecule has 8 heteroatoms. The SMILES string of the molecule is C[C@H](c1nc(N)c2[nH]cnc2n1)c1cc2ccc(F)cc2nc1-c1cccnc1. The first-order valence-electron chi connectivity index (χ1n) is 9.07. The fraction of sp³-hybridized carbons (Fsp3) is 0.0952. The van der Waals surface area contributed by atoms with Gasteiger partial charge in [0.2, 0.25) is 0 Å². The fourth-order valence-corrected chi connectivity index (χ4v) is 3.43. The Bertz CT molecular complexity index is 1350. The first kappa shape index (κ1) is 17.2. The van der Waals surface area contributed by atoms with Crippen molar-refractivity contribution in [2.75, 3.05) is 5.73 Å². The van der Waals surface area contributed by atoms with E-state index in [2.05, 4.69) is 24.9 Å². The van der Waals surface area contributed by atoms with E-state index in [0.717, 1.165) is 16.5 Å². The highest BCUT2D eigenvalue weighted by atomic mass is 19.1. The molecule has 1 aromatic carbocycles. The molecule has 4 aromatic heterocycles. The van der Waals surface area contributed by atoms with Crippen LogP contribution < -0.4 is 5.73 Å². The van der Waals surface area contributed by atoms with Crippen molar-refractivity contribution in [3.63, 3.8) is 0 Å². The Kier molecular flexibility index (Phi) is 3.90. The van der Waals surface area contributed by atoms with E-state index in [1.54, 1.807) is 18.5 Å². The van der Waals surface area contributed by atoms with Crippen molar-refractivity contribution in [1.82, 2.24) is 29.9 Å². The van der Waals surface area contributed by atoms with E-state index in [9.17, 15) is 4.39 Å². The number of nitrogens with zero attached hydrogens (tertiary/aromatic N) is 5. The van der Waals surface area contributed by atoms with Gasteiger partial charge in [-0.1, -0.05) is 6.92 Å². The molecule has 142 valence electrons. The molecule has 7 nitrogen and oxygen atoms in total. The van der Waals surface area contributed by atoms with E-state index < -0.39 is 0 Å². The van der Waals surface area contributed by atoms with Crippen molar-refractivity contribution in [2.24, 2.45) is 0 Å². The number of aromatic amines is 1. The van der Waals surface area contributed by atoms with E-state index in [-0.39, 0.29) is 11.7 Å². The Labute approximate surface area is 164 Å². The Balaban J connectivity index is 1.74. The van der Waals surface area contributed by atoms with E-state index in [1.807, 2.05) is 25.1 Å². The smallest absolute Gasteiger partial charge is 0.183 e. The third-order valence-corrected chi connectivity index (χ3v) is 4.93. The van der Waals surface area contributed by atoms with E-state index in [4.69, 9.17) is 10.7 Å². The molecule has 0 aliphatic carbocycles. The van der Waals surface area contributed by atoms with Crippen LogP contribution in [-0.4, -0.2) is 29.9 Å². The number of hydrogen-bond acceptors (Lipinski definition) is 6. The molecule has 0 unspecified atom stereocenters. The molecule has 5 aromatic rings. The van der Waals surface area contributed by atoms with Gasteiger partial charge in [-0.15, -0.1) is 0 Å². The lowest BCUT2D eigenvalue weighted by atomic mass is 9.94. The third kappa shape index (κ3) is 2.94. The van der Waals surface area contributed by atoms with E-state index in [0.29, 0.717) is 34.0 Å². The normalized spacial score (nSPS) is 12.5. The van der Waals surface area contributed by atoms with Crippen LogP contribution in [0.4, 0.5) is 10.2 Å². The zero-order chi connectivity index (χ0) is 20.0. The predicted octanol–water partition coefficient (Wildman–Crippen LogP) is 3.84. The first-order chi connectivity index (χ1) is 14.1. The topological polar surface area (TPSA) is 106 Å². The average molecular weight is 385 g/mol. The maximum Gasteiger partial charge on any atom is 0.183 e. The van der Waals surface area contributed by atoms with Crippen LogP contribution in [0.25, 0.3) is 33.3 Å². The molecule has 0 saturated carbocycles. The number of nitrogens with one attached hydrogen (secondary N) is 1. The predicted molar refractivity (Wildman–Crippen MR) is 109 cm³/mol. The molecule has 0 saturated heterocycles. The Morgan fingerprint density at radius 1 is 1.10 bits per heavy atom. The number of imidazole rings is 1. The van der Waals surface area contributed by atoms with Gasteiger partial charge in [0.25, 0.3) is 0 Å². The molecule has 0 aliphatic rings. The molecule has 29 heavy (non-hydrogen) atoms. The third-order valence-electron chi connectivity index (χ3n) is 4.93. The minimum Gasteiger partial charge on any atom is -0.382 e. The number of anilines is 1. The van der Waals surface area contributed by atoms with Crippen LogP contribution in [0.5, 0.6) is 0 Å². The molecular weight excluding hydrogens is 369 g/mol. The molecule has 4 heterocycles. The molecule has 5 rings (SSSR count). The maximum absolute atomic E-state index is 13.8. The summed E-state index contributed by atoms with van der Waals surface area (Å²) in [5, 5.41) is 0.828. The summed E-state index contributed by atoms with van der Waals surface area (Å²) in [5.74, 6) is 0.321. The molecule has 3 N–H and O–H groups in total. The summed E-state index contributed by atoms with van der Waals surface area (Å²) >= 11 is 0. The van der Waals surface area contributed by atoms with Crippen LogP contribution in [0.3, 0.4) is 0 Å². The summed E-state index contributed by atoms with van der Waals surface area (Å²) in [6.07, 6.45) is 4.97. The molecule has 0 aliphatic heterocycles. The minimum atomic E-state index is -0.331. The summed E-state index contributed by atoms with van der Waals surface area (Å²) in [6.45, 7) is 1.99. The zero-order valence-electron chi connectivity index (χ0n) is 15.5. The number of hydrogen-bond donors (Lipinski definition) is 2. The summed E-state index contributed by atoms with van der Waals surface area (Å²) in [6, 6.07) is 10.3. The second-order valence-electron chi connectivity index (χ2n) is 6.79. The van der Waals surface area contributed by atoms with Crippen molar-refractivity contribution >= 4 is 27.9 Å². The fourth-order valence-electron chi connectivity index (χ4n) is 3.43. The van der Waals surface area contributed by atoms with Gasteiger partial charge in [-0.25, -0.2) is 24.3 Å². The van der Waals surface area contributed by atoms with E-state index >= 15 is 0 Å². The van der Waals surface area contributed by atoms with Gasteiger partial charge in [-0.05, 0) is 35.9 Å². The molecule has 0 fully saturated rings. The summed E-state index contributed by atoms with van der Waals surface area (Å²) in [7, 11) is 0. The number of halogens is 1. The largest absolute Gasteiger partial charge is 0.382 e. The number of aromatic nitrogens is 6. The van der Waals surface area contributed by atoms with E-state index in [1.165, 1.54) is 18.5 Å². The molecule has 0 bridgehead atoms. The van der Waals surface area contributed by atoms with Crippen LogP contribution in [-0.2, 0) is 0 Å². The quantitative estimate of drug-likeness (QED) is 0.489. The summed E-state index contributed by atoms with van der Waals surface area (Å²) in [5.41, 5.74) is 10.2. The molecule has 1 atom stereocenters. The second kappa shape index (κ2) is 6.59. The highest BCUT2D eigenvalue weighted by Gasteiger charge is 2.21. The van der Waals surface area contributed by atoms with Crippen molar-refractivity contribution in [3.8, 4) is 11.3 Å². The van der Waals surface area contributed by atoms with Gasteiger partial charge in [0.1, 0.15) is 17.2 Å². The number of nitrogen functional groups attached to an aromatic ring is 1. The van der Waals surface area contributed by atoms with Crippen LogP contribution >= 0.6 is 0 Å². The second-order valence-corrected chi connectivity index (χ2v) is 6.79. The minimum absolute atomic E-state index is 0.226.